The summed E-state index contributed by atoms with van der Waals surface area (Å²) in [5, 5.41) is 2.71. The summed E-state index contributed by atoms with van der Waals surface area (Å²) >= 11 is 1.21. The van der Waals surface area contributed by atoms with Crippen LogP contribution in [0.15, 0.2) is 52.3 Å². The van der Waals surface area contributed by atoms with Crippen molar-refractivity contribution in [1.29, 1.82) is 0 Å². The van der Waals surface area contributed by atoms with Crippen LogP contribution in [0.3, 0.4) is 0 Å². The minimum absolute atomic E-state index is 0.00578. The zero-order valence-electron chi connectivity index (χ0n) is 16.5. The van der Waals surface area contributed by atoms with Crippen molar-refractivity contribution in [2.75, 3.05) is 31.8 Å². The molecule has 4 N–H and O–H groups in total. The van der Waals surface area contributed by atoms with Gasteiger partial charge in [-0.15, -0.1) is 11.8 Å². The molecule has 0 atom stereocenters. The summed E-state index contributed by atoms with van der Waals surface area (Å²) in [7, 11) is -0.974. The Morgan fingerprint density at radius 3 is 2.43 bits per heavy atom. The summed E-state index contributed by atoms with van der Waals surface area (Å²) < 4.78 is 37.5. The minimum atomic E-state index is -3.83. The highest BCUT2D eigenvalue weighted by molar-refractivity contribution is 8.00. The van der Waals surface area contributed by atoms with Crippen molar-refractivity contribution in [2.24, 2.45) is 5.73 Å². The quantitative estimate of drug-likeness (QED) is 0.439. The van der Waals surface area contributed by atoms with E-state index >= 15 is 0 Å². The Hall–Kier alpha value is -2.76. The molecule has 162 valence electrons. The molecule has 2 amide bonds. The number of nitrogens with two attached hydrogens (primary N) is 1. The van der Waals surface area contributed by atoms with Crippen LogP contribution in [0.25, 0.3) is 0 Å². The first-order valence-corrected chi connectivity index (χ1v) is 11.3. The second-order valence-corrected chi connectivity index (χ2v) is 8.75. The normalized spacial score (nSPS) is 11.0. The fourth-order valence-electron chi connectivity index (χ4n) is 2.42. The molecule has 11 heteroatoms. The standard InChI is InChI=1S/C19H23N3O6S2/c1-27-15-8-7-13(11-16(15)28-2)30(25,26)21-10-9-19(24)22-14-5-3-4-6-17(14)29-12-18(20)23/h3-8,11,21H,9-10,12H2,1-2H3,(H2,20,23)(H,22,24). The molecule has 0 saturated heterocycles. The highest BCUT2D eigenvalue weighted by atomic mass is 32.2. The Balaban J connectivity index is 1.95. The Labute approximate surface area is 179 Å². The molecular formula is C19H23N3O6S2. The number of hydrogen-bond donors (Lipinski definition) is 3. The molecule has 2 rings (SSSR count). The number of sulfonamides is 1. The molecular weight excluding hydrogens is 430 g/mol. The number of primary amides is 1. The zero-order chi connectivity index (χ0) is 22.1. The number of ether oxygens (including phenoxy) is 2. The van der Waals surface area contributed by atoms with E-state index in [1.165, 1.54) is 44.2 Å². The topological polar surface area (TPSA) is 137 Å². The number of hydrogen-bond acceptors (Lipinski definition) is 7. The maximum absolute atomic E-state index is 12.5. The first-order chi connectivity index (χ1) is 14.3. The molecule has 0 saturated carbocycles. The maximum Gasteiger partial charge on any atom is 0.240 e. The van der Waals surface area contributed by atoms with Gasteiger partial charge in [-0.1, -0.05) is 12.1 Å². The molecule has 0 aromatic heterocycles. The third kappa shape index (κ3) is 6.65. The number of benzene rings is 2. The van der Waals surface area contributed by atoms with Crippen LogP contribution < -0.4 is 25.2 Å². The van der Waals surface area contributed by atoms with Gasteiger partial charge in [-0.3, -0.25) is 9.59 Å². The highest BCUT2D eigenvalue weighted by Crippen LogP contribution is 2.29. The Morgan fingerprint density at radius 2 is 1.77 bits per heavy atom. The molecule has 9 nitrogen and oxygen atoms in total. The average molecular weight is 454 g/mol. The van der Waals surface area contributed by atoms with Crippen LogP contribution in [0.1, 0.15) is 6.42 Å². The van der Waals surface area contributed by atoms with Gasteiger partial charge in [0.15, 0.2) is 11.5 Å². The van der Waals surface area contributed by atoms with E-state index < -0.39 is 15.9 Å². The van der Waals surface area contributed by atoms with E-state index in [4.69, 9.17) is 15.2 Å². The Bertz CT molecular complexity index is 1010. The van der Waals surface area contributed by atoms with Crippen LogP contribution in [0.4, 0.5) is 5.69 Å². The fourth-order valence-corrected chi connectivity index (χ4v) is 4.22. The molecule has 0 unspecified atom stereocenters. The smallest absolute Gasteiger partial charge is 0.240 e. The van der Waals surface area contributed by atoms with Crippen molar-refractivity contribution in [3.63, 3.8) is 0 Å². The third-order valence-corrected chi connectivity index (χ3v) is 6.40. The van der Waals surface area contributed by atoms with E-state index in [0.717, 1.165) is 0 Å². The molecule has 0 aliphatic heterocycles. The van der Waals surface area contributed by atoms with E-state index in [1.54, 1.807) is 24.3 Å². The summed E-state index contributed by atoms with van der Waals surface area (Å²) in [6.45, 7) is -0.0981. The Morgan fingerprint density at radius 1 is 1.07 bits per heavy atom. The molecule has 30 heavy (non-hydrogen) atoms. The van der Waals surface area contributed by atoms with Gasteiger partial charge in [0, 0.05) is 23.9 Å². The van der Waals surface area contributed by atoms with Gasteiger partial charge in [-0.25, -0.2) is 13.1 Å². The van der Waals surface area contributed by atoms with E-state index in [1.807, 2.05) is 0 Å². The number of anilines is 1. The lowest BCUT2D eigenvalue weighted by molar-refractivity contribution is -0.116. The SMILES string of the molecule is COc1ccc(S(=O)(=O)NCCC(=O)Nc2ccccc2SCC(N)=O)cc1OC. The van der Waals surface area contributed by atoms with Crippen LogP contribution in [0.5, 0.6) is 11.5 Å². The van der Waals surface area contributed by atoms with Crippen molar-refractivity contribution < 1.29 is 27.5 Å². The lowest BCUT2D eigenvalue weighted by Crippen LogP contribution is -2.28. The van der Waals surface area contributed by atoms with Crippen LogP contribution in [-0.4, -0.2) is 46.7 Å². The van der Waals surface area contributed by atoms with Crippen molar-refractivity contribution in [2.45, 2.75) is 16.2 Å². The van der Waals surface area contributed by atoms with Gasteiger partial charge < -0.3 is 20.5 Å². The highest BCUT2D eigenvalue weighted by Gasteiger charge is 2.17. The number of carbonyl (C=O) groups is 2. The molecule has 0 bridgehead atoms. The predicted molar refractivity (Wildman–Crippen MR) is 114 cm³/mol. The van der Waals surface area contributed by atoms with Gasteiger partial charge >= 0.3 is 0 Å². The minimum Gasteiger partial charge on any atom is -0.493 e. The zero-order valence-corrected chi connectivity index (χ0v) is 18.1. The van der Waals surface area contributed by atoms with Crippen LogP contribution >= 0.6 is 11.8 Å². The van der Waals surface area contributed by atoms with Gasteiger partial charge in [0.1, 0.15) is 0 Å². The summed E-state index contributed by atoms with van der Waals surface area (Å²) in [6.07, 6.45) is -0.0820. The van der Waals surface area contributed by atoms with Gasteiger partial charge in [-0.2, -0.15) is 0 Å². The lowest BCUT2D eigenvalue weighted by Gasteiger charge is -2.12. The molecule has 2 aromatic rings. The average Bonchev–Trinajstić information content (AvgIpc) is 2.72. The molecule has 0 aliphatic carbocycles. The molecule has 2 aromatic carbocycles. The van der Waals surface area contributed by atoms with Crippen molar-refractivity contribution in [3.8, 4) is 11.5 Å². The van der Waals surface area contributed by atoms with Gasteiger partial charge in [0.25, 0.3) is 0 Å². The number of nitrogens with one attached hydrogen (secondary N) is 2. The summed E-state index contributed by atoms with van der Waals surface area (Å²) in [6, 6.07) is 11.2. The second-order valence-electron chi connectivity index (χ2n) is 5.96. The van der Waals surface area contributed by atoms with Gasteiger partial charge in [-0.05, 0) is 24.3 Å². The largest absolute Gasteiger partial charge is 0.493 e. The number of carbonyl (C=O) groups excluding carboxylic acids is 2. The first-order valence-electron chi connectivity index (χ1n) is 8.78. The van der Waals surface area contributed by atoms with E-state index in [2.05, 4.69) is 10.0 Å². The number of thioether (sulfide) groups is 1. The molecule has 0 spiro atoms. The molecule has 0 radical (unpaired) electrons. The summed E-state index contributed by atoms with van der Waals surface area (Å²) in [5.74, 6) is -0.0763. The van der Waals surface area contributed by atoms with E-state index in [0.29, 0.717) is 16.3 Å². The van der Waals surface area contributed by atoms with Crippen LogP contribution in [0.2, 0.25) is 0 Å². The Kier molecular flexibility index (Phi) is 8.51. The first kappa shape index (κ1) is 23.5. The van der Waals surface area contributed by atoms with Crippen LogP contribution in [0, 0.1) is 0 Å². The molecule has 0 heterocycles. The number of methoxy groups -OCH3 is 2. The van der Waals surface area contributed by atoms with Crippen molar-refractivity contribution >= 4 is 39.3 Å². The lowest BCUT2D eigenvalue weighted by atomic mass is 10.3. The fraction of sp³-hybridized carbons (Fsp3) is 0.263. The summed E-state index contributed by atoms with van der Waals surface area (Å²) in [4.78, 5) is 23.9. The summed E-state index contributed by atoms with van der Waals surface area (Å²) in [5.41, 5.74) is 5.68. The predicted octanol–water partition coefficient (Wildman–Crippen LogP) is 1.59. The van der Waals surface area contributed by atoms with E-state index in [9.17, 15) is 18.0 Å². The number of para-hydroxylation sites is 1. The van der Waals surface area contributed by atoms with Crippen molar-refractivity contribution in [1.82, 2.24) is 4.72 Å². The number of rotatable bonds is 11. The number of amides is 2. The third-order valence-electron chi connectivity index (χ3n) is 3.84. The second kappa shape index (κ2) is 10.9. The van der Waals surface area contributed by atoms with Gasteiger partial charge in [0.2, 0.25) is 21.8 Å². The molecule has 0 fully saturated rings. The van der Waals surface area contributed by atoms with E-state index in [-0.39, 0.29) is 35.3 Å². The maximum atomic E-state index is 12.5. The molecule has 0 aliphatic rings. The van der Waals surface area contributed by atoms with Crippen LogP contribution in [-0.2, 0) is 19.6 Å². The van der Waals surface area contributed by atoms with Crippen molar-refractivity contribution in [3.05, 3.63) is 42.5 Å². The van der Waals surface area contributed by atoms with Gasteiger partial charge in [0.05, 0.1) is 30.6 Å². The monoisotopic (exact) mass is 453 g/mol.